The van der Waals surface area contributed by atoms with Crippen LogP contribution in [0.25, 0.3) is 0 Å². The average molecular weight is 283 g/mol. The van der Waals surface area contributed by atoms with Crippen molar-refractivity contribution in [1.82, 2.24) is 9.97 Å². The molecule has 1 fully saturated rings. The van der Waals surface area contributed by atoms with E-state index in [1.165, 1.54) is 0 Å². The molecule has 0 N–H and O–H groups in total. The normalized spacial score (nSPS) is 18.0. The Hall–Kier alpha value is -2.43. The molecule has 0 unspecified atom stereocenters. The number of ether oxygens (including phenoxy) is 1. The average Bonchev–Trinajstić information content (AvgIpc) is 2.89. The van der Waals surface area contributed by atoms with Crippen LogP contribution in [0.4, 0.5) is 5.69 Å². The lowest BCUT2D eigenvalue weighted by Gasteiger charge is -2.16. The Morgan fingerprint density at radius 1 is 1.24 bits per heavy atom. The molecule has 0 radical (unpaired) electrons. The minimum atomic E-state index is 0.161. The Morgan fingerprint density at radius 3 is 2.76 bits per heavy atom. The number of benzene rings is 1. The quantitative estimate of drug-likeness (QED) is 0.862. The zero-order chi connectivity index (χ0) is 14.7. The zero-order valence-corrected chi connectivity index (χ0v) is 11.9. The van der Waals surface area contributed by atoms with Crippen LogP contribution in [-0.4, -0.2) is 29.5 Å². The second-order valence-electron chi connectivity index (χ2n) is 5.13. The van der Waals surface area contributed by atoms with Crippen molar-refractivity contribution in [2.45, 2.75) is 12.8 Å². The molecule has 1 aliphatic heterocycles. The van der Waals surface area contributed by atoms with Crippen molar-refractivity contribution in [3.63, 3.8) is 0 Å². The van der Waals surface area contributed by atoms with Crippen molar-refractivity contribution in [2.75, 3.05) is 18.6 Å². The first-order chi connectivity index (χ1) is 10.3. The lowest BCUT2D eigenvalue weighted by Crippen LogP contribution is -2.24. The molecule has 0 saturated carbocycles. The highest BCUT2D eigenvalue weighted by atomic mass is 16.5. The van der Waals surface area contributed by atoms with Crippen molar-refractivity contribution in [1.29, 1.82) is 0 Å². The Kier molecular flexibility index (Phi) is 3.81. The number of nitrogens with zero attached hydrogens (tertiary/aromatic N) is 3. The number of carbonyl (C=O) groups is 1. The fraction of sp³-hybridized carbons (Fsp3) is 0.312. The van der Waals surface area contributed by atoms with E-state index >= 15 is 0 Å². The summed E-state index contributed by atoms with van der Waals surface area (Å²) in [5.74, 6) is 0.945. The number of para-hydroxylation sites is 1. The molecule has 2 heterocycles. The van der Waals surface area contributed by atoms with Gasteiger partial charge in [0.2, 0.25) is 11.8 Å². The maximum atomic E-state index is 12.2. The molecule has 0 spiro atoms. The first-order valence-corrected chi connectivity index (χ1v) is 6.97. The number of carbonyl (C=O) groups excluding carboxylic acids is 1. The van der Waals surface area contributed by atoms with Crippen molar-refractivity contribution in [3.05, 3.63) is 48.4 Å². The second kappa shape index (κ2) is 5.91. The van der Waals surface area contributed by atoms with Gasteiger partial charge in [0.05, 0.1) is 7.11 Å². The smallest absolute Gasteiger partial charge is 0.235 e. The van der Waals surface area contributed by atoms with Crippen LogP contribution >= 0.6 is 0 Å². The Labute approximate surface area is 123 Å². The SMILES string of the molecule is COc1nccnc1C[C@@H]1CC(=O)N(c2ccccc2)C1. The van der Waals surface area contributed by atoms with Gasteiger partial charge >= 0.3 is 0 Å². The van der Waals surface area contributed by atoms with Gasteiger partial charge < -0.3 is 9.64 Å². The molecule has 1 aliphatic rings. The first-order valence-electron chi connectivity index (χ1n) is 6.97. The Morgan fingerprint density at radius 2 is 2.00 bits per heavy atom. The molecule has 21 heavy (non-hydrogen) atoms. The molecule has 0 aliphatic carbocycles. The third kappa shape index (κ3) is 2.86. The van der Waals surface area contributed by atoms with Crippen LogP contribution in [0.15, 0.2) is 42.7 Å². The number of anilines is 1. The van der Waals surface area contributed by atoms with E-state index in [0.29, 0.717) is 25.3 Å². The summed E-state index contributed by atoms with van der Waals surface area (Å²) in [6.45, 7) is 0.711. The predicted octanol–water partition coefficient (Wildman–Crippen LogP) is 2.08. The number of aromatic nitrogens is 2. The molecular weight excluding hydrogens is 266 g/mol. The van der Waals surface area contributed by atoms with Gasteiger partial charge in [0, 0.05) is 37.5 Å². The standard InChI is InChI=1S/C16H17N3O2/c1-21-16-14(17-7-8-18-16)9-12-10-15(20)19(11-12)13-5-3-2-4-6-13/h2-8,12H,9-11H2,1H3/t12-/m1/s1. The molecule has 0 bridgehead atoms. The summed E-state index contributed by atoms with van der Waals surface area (Å²) in [4.78, 5) is 22.5. The minimum absolute atomic E-state index is 0.161. The number of amides is 1. The first kappa shape index (κ1) is 13.5. The minimum Gasteiger partial charge on any atom is -0.480 e. The molecule has 5 heteroatoms. The van der Waals surface area contributed by atoms with Crippen molar-refractivity contribution < 1.29 is 9.53 Å². The number of hydrogen-bond donors (Lipinski definition) is 0. The summed E-state index contributed by atoms with van der Waals surface area (Å²) < 4.78 is 5.22. The van der Waals surface area contributed by atoms with Gasteiger partial charge in [0.1, 0.15) is 5.69 Å². The highest BCUT2D eigenvalue weighted by molar-refractivity contribution is 5.95. The number of methoxy groups -OCH3 is 1. The highest BCUT2D eigenvalue weighted by Crippen LogP contribution is 2.28. The third-order valence-electron chi connectivity index (χ3n) is 3.68. The van der Waals surface area contributed by atoms with Gasteiger partial charge in [-0.15, -0.1) is 0 Å². The lowest BCUT2D eigenvalue weighted by atomic mass is 10.0. The summed E-state index contributed by atoms with van der Waals surface area (Å²) >= 11 is 0. The van der Waals surface area contributed by atoms with Crippen LogP contribution in [0.5, 0.6) is 5.88 Å². The van der Waals surface area contributed by atoms with E-state index < -0.39 is 0 Å². The van der Waals surface area contributed by atoms with Gasteiger partial charge in [-0.2, -0.15) is 0 Å². The molecule has 5 nitrogen and oxygen atoms in total. The van der Waals surface area contributed by atoms with Crippen LogP contribution < -0.4 is 9.64 Å². The van der Waals surface area contributed by atoms with Gasteiger partial charge in [-0.3, -0.25) is 9.78 Å². The third-order valence-corrected chi connectivity index (χ3v) is 3.68. The van der Waals surface area contributed by atoms with Gasteiger partial charge in [0.15, 0.2) is 0 Å². The topological polar surface area (TPSA) is 55.3 Å². The van der Waals surface area contributed by atoms with E-state index in [4.69, 9.17) is 4.74 Å². The summed E-state index contributed by atoms with van der Waals surface area (Å²) in [5, 5.41) is 0. The molecule has 108 valence electrons. The zero-order valence-electron chi connectivity index (χ0n) is 11.9. The van der Waals surface area contributed by atoms with E-state index in [1.54, 1.807) is 19.5 Å². The second-order valence-corrected chi connectivity index (χ2v) is 5.13. The fourth-order valence-corrected chi connectivity index (χ4v) is 2.71. The van der Waals surface area contributed by atoms with Crippen LogP contribution in [0.1, 0.15) is 12.1 Å². The van der Waals surface area contributed by atoms with E-state index in [1.807, 2.05) is 35.2 Å². The maximum absolute atomic E-state index is 12.2. The summed E-state index contributed by atoms with van der Waals surface area (Å²) in [5.41, 5.74) is 1.77. The fourth-order valence-electron chi connectivity index (χ4n) is 2.71. The monoisotopic (exact) mass is 283 g/mol. The van der Waals surface area contributed by atoms with Gasteiger partial charge in [-0.25, -0.2) is 4.98 Å². The van der Waals surface area contributed by atoms with Gasteiger partial charge in [-0.1, -0.05) is 18.2 Å². The van der Waals surface area contributed by atoms with Gasteiger partial charge in [0.25, 0.3) is 0 Å². The van der Waals surface area contributed by atoms with E-state index in [0.717, 1.165) is 11.4 Å². The van der Waals surface area contributed by atoms with Crippen molar-refractivity contribution in [3.8, 4) is 5.88 Å². The molecule has 3 rings (SSSR count). The van der Waals surface area contributed by atoms with Crippen molar-refractivity contribution >= 4 is 11.6 Å². The Balaban J connectivity index is 1.73. The van der Waals surface area contributed by atoms with Crippen molar-refractivity contribution in [2.24, 2.45) is 5.92 Å². The summed E-state index contributed by atoms with van der Waals surface area (Å²) in [6.07, 6.45) is 4.50. The van der Waals surface area contributed by atoms with Gasteiger partial charge in [-0.05, 0) is 18.1 Å². The number of hydrogen-bond acceptors (Lipinski definition) is 4. The van der Waals surface area contributed by atoms with Crippen LogP contribution in [0, 0.1) is 5.92 Å². The molecular formula is C16H17N3O2. The summed E-state index contributed by atoms with van der Waals surface area (Å²) in [6, 6.07) is 9.77. The molecule has 1 atom stereocenters. The highest BCUT2D eigenvalue weighted by Gasteiger charge is 2.31. The van der Waals surface area contributed by atoms with E-state index in [2.05, 4.69) is 9.97 Å². The molecule has 1 saturated heterocycles. The summed E-state index contributed by atoms with van der Waals surface area (Å²) in [7, 11) is 1.59. The largest absolute Gasteiger partial charge is 0.480 e. The maximum Gasteiger partial charge on any atom is 0.235 e. The van der Waals surface area contributed by atoms with E-state index in [9.17, 15) is 4.79 Å². The number of rotatable bonds is 4. The lowest BCUT2D eigenvalue weighted by molar-refractivity contribution is -0.117. The molecule has 2 aromatic rings. The van der Waals surface area contributed by atoms with Crippen LogP contribution in [0.2, 0.25) is 0 Å². The Bertz CT molecular complexity index is 630. The predicted molar refractivity (Wildman–Crippen MR) is 79.2 cm³/mol. The molecule has 1 aromatic heterocycles. The van der Waals surface area contributed by atoms with E-state index in [-0.39, 0.29) is 11.8 Å². The van der Waals surface area contributed by atoms with Crippen LogP contribution in [0.3, 0.4) is 0 Å². The molecule has 1 amide bonds. The molecule has 1 aromatic carbocycles. The van der Waals surface area contributed by atoms with Crippen LogP contribution in [-0.2, 0) is 11.2 Å².